The summed E-state index contributed by atoms with van der Waals surface area (Å²) in [6.07, 6.45) is 1.50. The number of aliphatic hydroxyl groups is 3. The molecular formula is C13H19N5O3S. The van der Waals surface area contributed by atoms with Gasteiger partial charge in [0.1, 0.15) is 11.6 Å². The highest BCUT2D eigenvalue weighted by Crippen LogP contribution is 2.56. The van der Waals surface area contributed by atoms with Gasteiger partial charge in [0, 0.05) is 5.41 Å². The molecule has 9 heteroatoms. The quantitative estimate of drug-likeness (QED) is 0.446. The smallest absolute Gasteiger partial charge is 0.191 e. The zero-order valence-electron chi connectivity index (χ0n) is 12.3. The molecule has 3 rings (SSSR count). The number of nitrogen functional groups attached to an aromatic ring is 1. The first-order chi connectivity index (χ1) is 10.4. The van der Waals surface area contributed by atoms with E-state index in [2.05, 4.69) is 15.0 Å². The molecule has 4 unspecified atom stereocenters. The van der Waals surface area contributed by atoms with E-state index < -0.39 is 17.7 Å². The Morgan fingerprint density at radius 3 is 2.73 bits per heavy atom. The third-order valence-electron chi connectivity index (χ3n) is 4.57. The third-order valence-corrected chi connectivity index (χ3v) is 5.12. The molecule has 1 saturated carbocycles. The SMILES string of the molecule is CSc1nc(N)c2ncn(C(O)C(O)C3(CO)CC3C)c2n1. The van der Waals surface area contributed by atoms with E-state index in [1.54, 1.807) is 0 Å². The van der Waals surface area contributed by atoms with Crippen molar-refractivity contribution >= 4 is 28.7 Å². The number of imidazole rings is 1. The highest BCUT2D eigenvalue weighted by molar-refractivity contribution is 7.98. The largest absolute Gasteiger partial charge is 0.396 e. The fourth-order valence-corrected chi connectivity index (χ4v) is 3.26. The fraction of sp³-hybridized carbons (Fsp3) is 0.615. The van der Waals surface area contributed by atoms with Gasteiger partial charge in [0.05, 0.1) is 12.9 Å². The molecule has 22 heavy (non-hydrogen) atoms. The Labute approximate surface area is 131 Å². The Kier molecular flexibility index (Phi) is 3.76. The van der Waals surface area contributed by atoms with E-state index in [0.717, 1.165) is 0 Å². The van der Waals surface area contributed by atoms with Crippen LogP contribution in [-0.4, -0.2) is 53.8 Å². The lowest BCUT2D eigenvalue weighted by atomic mass is 9.96. The molecule has 0 saturated heterocycles. The minimum Gasteiger partial charge on any atom is -0.396 e. The van der Waals surface area contributed by atoms with Gasteiger partial charge in [0.15, 0.2) is 22.8 Å². The first kappa shape index (κ1) is 15.5. The number of aliphatic hydroxyl groups excluding tert-OH is 3. The number of anilines is 1. The van der Waals surface area contributed by atoms with Crippen LogP contribution < -0.4 is 5.73 Å². The van der Waals surface area contributed by atoms with Crippen LogP contribution in [-0.2, 0) is 0 Å². The highest BCUT2D eigenvalue weighted by atomic mass is 32.2. The molecule has 2 heterocycles. The van der Waals surface area contributed by atoms with Crippen LogP contribution in [0.15, 0.2) is 11.5 Å². The van der Waals surface area contributed by atoms with Gasteiger partial charge in [-0.3, -0.25) is 4.57 Å². The minimum absolute atomic E-state index is 0.151. The molecule has 0 aromatic carbocycles. The molecule has 0 bridgehead atoms. The predicted molar refractivity (Wildman–Crippen MR) is 82.1 cm³/mol. The van der Waals surface area contributed by atoms with E-state index in [9.17, 15) is 15.3 Å². The van der Waals surface area contributed by atoms with Crippen LogP contribution in [0.4, 0.5) is 5.82 Å². The van der Waals surface area contributed by atoms with Crippen molar-refractivity contribution in [3.63, 3.8) is 0 Å². The van der Waals surface area contributed by atoms with Crippen LogP contribution in [0.1, 0.15) is 19.6 Å². The summed E-state index contributed by atoms with van der Waals surface area (Å²) in [4.78, 5) is 12.5. The van der Waals surface area contributed by atoms with Crippen molar-refractivity contribution in [1.29, 1.82) is 0 Å². The summed E-state index contributed by atoms with van der Waals surface area (Å²) >= 11 is 1.33. The molecule has 1 fully saturated rings. The van der Waals surface area contributed by atoms with Crippen LogP contribution in [0.25, 0.3) is 11.2 Å². The standard InChI is InChI=1S/C13H19N5O3S/c1-6-3-13(6,4-19)8(20)11(21)18-5-15-7-9(14)16-12(22-2)17-10(7)18/h5-6,8,11,19-21H,3-4H2,1-2H3,(H2,14,16,17). The summed E-state index contributed by atoms with van der Waals surface area (Å²) in [5, 5.41) is 31.0. The second-order valence-electron chi connectivity index (χ2n) is 5.77. The van der Waals surface area contributed by atoms with Crippen LogP contribution in [0.5, 0.6) is 0 Å². The van der Waals surface area contributed by atoms with Crippen molar-refractivity contribution in [2.75, 3.05) is 18.6 Å². The molecule has 1 aliphatic carbocycles. The van der Waals surface area contributed by atoms with Gasteiger partial charge in [0.2, 0.25) is 0 Å². The molecule has 2 aromatic heterocycles. The summed E-state index contributed by atoms with van der Waals surface area (Å²) < 4.78 is 1.38. The topological polar surface area (TPSA) is 130 Å². The number of nitrogens with zero attached hydrogens (tertiary/aromatic N) is 4. The minimum atomic E-state index is -1.26. The molecule has 0 amide bonds. The van der Waals surface area contributed by atoms with Gasteiger partial charge in [-0.05, 0) is 18.6 Å². The molecule has 0 aliphatic heterocycles. The maximum absolute atomic E-state index is 10.5. The first-order valence-corrected chi connectivity index (χ1v) is 8.18. The van der Waals surface area contributed by atoms with Gasteiger partial charge in [-0.15, -0.1) is 0 Å². The normalized spacial score (nSPS) is 27.0. The summed E-state index contributed by atoms with van der Waals surface area (Å²) in [5.74, 6) is 0.379. The molecule has 2 aromatic rings. The lowest BCUT2D eigenvalue weighted by Crippen LogP contribution is -2.36. The van der Waals surface area contributed by atoms with E-state index in [-0.39, 0.29) is 18.3 Å². The number of hydrogen-bond donors (Lipinski definition) is 4. The average Bonchev–Trinajstić information content (AvgIpc) is 2.99. The maximum atomic E-state index is 10.5. The lowest BCUT2D eigenvalue weighted by Gasteiger charge is -2.26. The van der Waals surface area contributed by atoms with E-state index >= 15 is 0 Å². The van der Waals surface area contributed by atoms with E-state index in [4.69, 9.17) is 5.73 Å². The van der Waals surface area contributed by atoms with E-state index in [0.29, 0.717) is 22.7 Å². The summed E-state index contributed by atoms with van der Waals surface area (Å²) in [6.45, 7) is 1.76. The molecular weight excluding hydrogens is 306 g/mol. The number of nitrogens with two attached hydrogens (primary N) is 1. The maximum Gasteiger partial charge on any atom is 0.191 e. The van der Waals surface area contributed by atoms with Crippen molar-refractivity contribution in [2.45, 2.75) is 30.8 Å². The number of rotatable bonds is 5. The van der Waals surface area contributed by atoms with Gasteiger partial charge in [-0.1, -0.05) is 18.7 Å². The number of hydrogen-bond acceptors (Lipinski definition) is 8. The van der Waals surface area contributed by atoms with Crippen LogP contribution in [0.2, 0.25) is 0 Å². The molecule has 4 atom stereocenters. The molecule has 1 aliphatic rings. The predicted octanol–water partition coefficient (Wildman–Crippen LogP) is 0.000700. The second-order valence-corrected chi connectivity index (χ2v) is 6.55. The van der Waals surface area contributed by atoms with Crippen LogP contribution in [0, 0.1) is 11.3 Å². The molecule has 0 spiro atoms. The van der Waals surface area contributed by atoms with Crippen molar-refractivity contribution in [3.8, 4) is 0 Å². The zero-order chi connectivity index (χ0) is 16.1. The highest BCUT2D eigenvalue weighted by Gasteiger charge is 2.58. The van der Waals surface area contributed by atoms with E-state index in [1.807, 2.05) is 13.2 Å². The van der Waals surface area contributed by atoms with Crippen molar-refractivity contribution < 1.29 is 15.3 Å². The number of thioether (sulfide) groups is 1. The summed E-state index contributed by atoms with van der Waals surface area (Å²) in [6, 6.07) is 0. The van der Waals surface area contributed by atoms with Gasteiger partial charge < -0.3 is 21.1 Å². The third kappa shape index (κ3) is 2.16. The van der Waals surface area contributed by atoms with Crippen LogP contribution >= 0.6 is 11.8 Å². The van der Waals surface area contributed by atoms with Gasteiger partial charge in [0.25, 0.3) is 0 Å². The summed E-state index contributed by atoms with van der Waals surface area (Å²) in [7, 11) is 0. The van der Waals surface area contributed by atoms with Gasteiger partial charge >= 0.3 is 0 Å². The van der Waals surface area contributed by atoms with E-state index in [1.165, 1.54) is 22.7 Å². The van der Waals surface area contributed by atoms with Crippen molar-refractivity contribution in [3.05, 3.63) is 6.33 Å². The Balaban J connectivity index is 2.01. The number of fused-ring (bicyclic) bond motifs is 1. The first-order valence-electron chi connectivity index (χ1n) is 6.95. The molecule has 120 valence electrons. The van der Waals surface area contributed by atoms with Crippen LogP contribution in [0.3, 0.4) is 0 Å². The summed E-state index contributed by atoms with van der Waals surface area (Å²) in [5.41, 5.74) is 5.92. The second kappa shape index (κ2) is 5.34. The Bertz CT molecular complexity index is 704. The number of aromatic nitrogens is 4. The molecule has 8 nitrogen and oxygen atoms in total. The average molecular weight is 325 g/mol. The molecule has 0 radical (unpaired) electrons. The lowest BCUT2D eigenvalue weighted by molar-refractivity contribution is -0.0822. The Morgan fingerprint density at radius 1 is 1.50 bits per heavy atom. The van der Waals surface area contributed by atoms with Crippen molar-refractivity contribution in [2.24, 2.45) is 11.3 Å². The monoisotopic (exact) mass is 325 g/mol. The Hall–Kier alpha value is -1.42. The molecule has 5 N–H and O–H groups in total. The fourth-order valence-electron chi connectivity index (χ4n) is 2.89. The van der Waals surface area contributed by atoms with Gasteiger partial charge in [-0.2, -0.15) is 0 Å². The zero-order valence-corrected chi connectivity index (χ0v) is 13.2. The van der Waals surface area contributed by atoms with Gasteiger partial charge in [-0.25, -0.2) is 15.0 Å². The van der Waals surface area contributed by atoms with Crippen molar-refractivity contribution in [1.82, 2.24) is 19.5 Å². The Morgan fingerprint density at radius 2 is 2.18 bits per heavy atom.